The van der Waals surface area contributed by atoms with E-state index < -0.39 is 0 Å². The van der Waals surface area contributed by atoms with Gasteiger partial charge in [-0.15, -0.1) is 11.3 Å². The van der Waals surface area contributed by atoms with Crippen molar-refractivity contribution in [3.8, 4) is 0 Å². The maximum atomic E-state index is 4.77. The number of thiazole rings is 1. The average molecular weight is 281 g/mol. The predicted molar refractivity (Wildman–Crippen MR) is 84.1 cm³/mol. The van der Waals surface area contributed by atoms with Gasteiger partial charge in [0, 0.05) is 30.1 Å². The molecule has 0 aliphatic heterocycles. The maximum Gasteiger partial charge on any atom is 0.185 e. The van der Waals surface area contributed by atoms with Gasteiger partial charge in [0.2, 0.25) is 0 Å². The molecule has 19 heavy (non-hydrogen) atoms. The van der Waals surface area contributed by atoms with Crippen LogP contribution in [0.2, 0.25) is 0 Å². The SMILES string of the molecule is CCN(CC1CC1)c1nc(C)c(CNC(C)(C)C)s1. The molecule has 1 aliphatic rings. The average Bonchev–Trinajstić information content (AvgIpc) is 3.06. The lowest BCUT2D eigenvalue weighted by atomic mass is 10.1. The number of anilines is 1. The summed E-state index contributed by atoms with van der Waals surface area (Å²) >= 11 is 1.85. The second-order valence-electron chi connectivity index (χ2n) is 6.59. The van der Waals surface area contributed by atoms with Gasteiger partial charge in [-0.05, 0) is 53.4 Å². The van der Waals surface area contributed by atoms with E-state index in [-0.39, 0.29) is 5.54 Å². The van der Waals surface area contributed by atoms with Gasteiger partial charge < -0.3 is 10.2 Å². The van der Waals surface area contributed by atoms with Crippen molar-refractivity contribution < 1.29 is 0 Å². The number of aromatic nitrogens is 1. The van der Waals surface area contributed by atoms with Crippen LogP contribution >= 0.6 is 11.3 Å². The summed E-state index contributed by atoms with van der Waals surface area (Å²) in [5, 5.41) is 4.76. The van der Waals surface area contributed by atoms with Gasteiger partial charge >= 0.3 is 0 Å². The standard InChI is InChI=1S/C15H27N3S/c1-6-18(10-12-7-8-12)14-17-11(2)13(19-14)9-16-15(3,4)5/h12,16H,6-10H2,1-5H3. The summed E-state index contributed by atoms with van der Waals surface area (Å²) in [5.41, 5.74) is 1.35. The largest absolute Gasteiger partial charge is 0.348 e. The summed E-state index contributed by atoms with van der Waals surface area (Å²) in [7, 11) is 0. The number of nitrogens with one attached hydrogen (secondary N) is 1. The molecule has 1 fully saturated rings. The van der Waals surface area contributed by atoms with Crippen molar-refractivity contribution in [1.29, 1.82) is 0 Å². The molecule has 3 nitrogen and oxygen atoms in total. The molecule has 108 valence electrons. The monoisotopic (exact) mass is 281 g/mol. The van der Waals surface area contributed by atoms with E-state index in [1.807, 2.05) is 11.3 Å². The normalized spacial score (nSPS) is 15.8. The van der Waals surface area contributed by atoms with Crippen LogP contribution in [0.3, 0.4) is 0 Å². The summed E-state index contributed by atoms with van der Waals surface area (Å²) in [4.78, 5) is 8.58. The van der Waals surface area contributed by atoms with Crippen molar-refractivity contribution in [2.24, 2.45) is 5.92 Å². The second-order valence-corrected chi connectivity index (χ2v) is 7.65. The number of nitrogens with zero attached hydrogens (tertiary/aromatic N) is 2. The molecule has 1 heterocycles. The van der Waals surface area contributed by atoms with E-state index >= 15 is 0 Å². The molecule has 1 aromatic rings. The molecular formula is C15H27N3S. The zero-order valence-electron chi connectivity index (χ0n) is 12.9. The summed E-state index contributed by atoms with van der Waals surface area (Å²) in [6.07, 6.45) is 2.80. The van der Waals surface area contributed by atoms with E-state index in [1.54, 1.807) is 0 Å². The number of hydrogen-bond acceptors (Lipinski definition) is 4. The predicted octanol–water partition coefficient (Wildman–Crippen LogP) is 3.58. The molecule has 0 aromatic carbocycles. The fourth-order valence-electron chi connectivity index (χ4n) is 2.01. The van der Waals surface area contributed by atoms with Crippen molar-refractivity contribution in [2.75, 3.05) is 18.0 Å². The molecule has 1 aromatic heterocycles. The fourth-order valence-corrected chi connectivity index (χ4v) is 3.09. The molecule has 0 unspecified atom stereocenters. The first-order valence-corrected chi connectivity index (χ1v) is 8.17. The van der Waals surface area contributed by atoms with E-state index in [4.69, 9.17) is 4.98 Å². The summed E-state index contributed by atoms with van der Waals surface area (Å²) < 4.78 is 0. The maximum absolute atomic E-state index is 4.77. The number of hydrogen-bond donors (Lipinski definition) is 1. The molecule has 1 aliphatic carbocycles. The Hall–Kier alpha value is -0.610. The molecule has 0 saturated heterocycles. The second kappa shape index (κ2) is 5.80. The van der Waals surface area contributed by atoms with Crippen LogP contribution in [0.25, 0.3) is 0 Å². The molecule has 0 amide bonds. The Bertz CT molecular complexity index is 416. The Morgan fingerprint density at radius 3 is 2.58 bits per heavy atom. The Kier molecular flexibility index (Phi) is 4.51. The highest BCUT2D eigenvalue weighted by Crippen LogP contribution is 2.33. The van der Waals surface area contributed by atoms with E-state index in [1.165, 1.54) is 35.1 Å². The molecular weight excluding hydrogens is 254 g/mol. The Labute approximate surface area is 121 Å². The lowest BCUT2D eigenvalue weighted by Gasteiger charge is -2.20. The van der Waals surface area contributed by atoms with Crippen LogP contribution in [-0.2, 0) is 6.54 Å². The molecule has 1 saturated carbocycles. The fraction of sp³-hybridized carbons (Fsp3) is 0.800. The van der Waals surface area contributed by atoms with E-state index in [0.29, 0.717) is 0 Å². The lowest BCUT2D eigenvalue weighted by molar-refractivity contribution is 0.425. The Morgan fingerprint density at radius 2 is 2.05 bits per heavy atom. The third-order valence-corrected chi connectivity index (χ3v) is 4.71. The molecule has 0 bridgehead atoms. The van der Waals surface area contributed by atoms with Gasteiger partial charge in [0.05, 0.1) is 5.69 Å². The van der Waals surface area contributed by atoms with Crippen molar-refractivity contribution in [2.45, 2.75) is 59.5 Å². The summed E-state index contributed by atoms with van der Waals surface area (Å²) in [6, 6.07) is 0. The summed E-state index contributed by atoms with van der Waals surface area (Å²) in [5.74, 6) is 0.917. The van der Waals surface area contributed by atoms with E-state index in [2.05, 4.69) is 44.8 Å². The Morgan fingerprint density at radius 1 is 1.37 bits per heavy atom. The zero-order valence-corrected chi connectivity index (χ0v) is 13.7. The Balaban J connectivity index is 2.01. The van der Waals surface area contributed by atoms with Crippen LogP contribution < -0.4 is 10.2 Å². The first kappa shape index (κ1) is 14.8. The smallest absolute Gasteiger partial charge is 0.185 e. The molecule has 1 N–H and O–H groups in total. The highest BCUT2D eigenvalue weighted by molar-refractivity contribution is 7.15. The minimum Gasteiger partial charge on any atom is -0.348 e. The highest BCUT2D eigenvalue weighted by Gasteiger charge is 2.25. The van der Waals surface area contributed by atoms with Gasteiger partial charge in [0.1, 0.15) is 0 Å². The van der Waals surface area contributed by atoms with Gasteiger partial charge in [0.25, 0.3) is 0 Å². The third-order valence-electron chi connectivity index (χ3n) is 3.49. The van der Waals surface area contributed by atoms with Crippen LogP contribution in [-0.4, -0.2) is 23.6 Å². The summed E-state index contributed by atoms with van der Waals surface area (Å²) in [6.45, 7) is 14.1. The van der Waals surface area contributed by atoms with E-state index in [0.717, 1.165) is 19.0 Å². The van der Waals surface area contributed by atoms with Crippen molar-refractivity contribution in [1.82, 2.24) is 10.3 Å². The first-order chi connectivity index (χ1) is 8.89. The molecule has 0 spiro atoms. The van der Waals surface area contributed by atoms with Crippen molar-refractivity contribution >= 4 is 16.5 Å². The van der Waals surface area contributed by atoms with Crippen LogP contribution in [0.1, 0.15) is 51.1 Å². The first-order valence-electron chi connectivity index (χ1n) is 7.35. The zero-order chi connectivity index (χ0) is 14.0. The van der Waals surface area contributed by atoms with E-state index in [9.17, 15) is 0 Å². The van der Waals surface area contributed by atoms with Gasteiger partial charge in [-0.1, -0.05) is 0 Å². The van der Waals surface area contributed by atoms with Gasteiger partial charge in [-0.2, -0.15) is 0 Å². The highest BCUT2D eigenvalue weighted by atomic mass is 32.1. The van der Waals surface area contributed by atoms with Crippen molar-refractivity contribution in [3.05, 3.63) is 10.6 Å². The molecule has 0 radical (unpaired) electrons. The topological polar surface area (TPSA) is 28.2 Å². The number of aryl methyl sites for hydroxylation is 1. The number of rotatable bonds is 6. The molecule has 4 heteroatoms. The molecule has 0 atom stereocenters. The molecule has 2 rings (SSSR count). The lowest BCUT2D eigenvalue weighted by Crippen LogP contribution is -2.34. The van der Waals surface area contributed by atoms with Gasteiger partial charge in [-0.25, -0.2) is 4.98 Å². The minimum atomic E-state index is 0.162. The van der Waals surface area contributed by atoms with Crippen LogP contribution in [0, 0.1) is 12.8 Å². The van der Waals surface area contributed by atoms with Gasteiger partial charge in [-0.3, -0.25) is 0 Å². The van der Waals surface area contributed by atoms with Crippen molar-refractivity contribution in [3.63, 3.8) is 0 Å². The van der Waals surface area contributed by atoms with Gasteiger partial charge in [0.15, 0.2) is 5.13 Å². The quantitative estimate of drug-likeness (QED) is 0.864. The van der Waals surface area contributed by atoms with Crippen LogP contribution in [0.4, 0.5) is 5.13 Å². The van der Waals surface area contributed by atoms with Crippen LogP contribution in [0.5, 0.6) is 0 Å². The third kappa shape index (κ3) is 4.46. The van der Waals surface area contributed by atoms with Crippen LogP contribution in [0.15, 0.2) is 0 Å². The minimum absolute atomic E-state index is 0.162.